The zero-order valence-corrected chi connectivity index (χ0v) is 28.3. The van der Waals surface area contributed by atoms with Gasteiger partial charge < -0.3 is 5.32 Å². The summed E-state index contributed by atoms with van der Waals surface area (Å²) in [6.07, 6.45) is 23.0. The molecule has 7 heteroatoms. The van der Waals surface area contributed by atoms with Crippen LogP contribution in [-0.2, 0) is 19.2 Å². The highest BCUT2D eigenvalue weighted by Gasteiger charge is 2.42. The van der Waals surface area contributed by atoms with E-state index in [1.807, 2.05) is 0 Å². The van der Waals surface area contributed by atoms with Crippen LogP contribution in [0.4, 0.5) is 0 Å². The molecule has 2 aliphatic heterocycles. The lowest BCUT2D eigenvalue weighted by Gasteiger charge is -2.20. The Morgan fingerprint density at radius 3 is 1.23 bits per heavy atom. The van der Waals surface area contributed by atoms with E-state index in [0.29, 0.717) is 39.0 Å². The third-order valence-electron chi connectivity index (χ3n) is 9.98. The molecule has 2 aliphatic rings. The number of carbonyl (C=O) groups is 4. The van der Waals surface area contributed by atoms with Crippen LogP contribution in [0, 0.1) is 23.7 Å². The van der Waals surface area contributed by atoms with Crippen molar-refractivity contribution in [1.82, 2.24) is 15.1 Å². The van der Waals surface area contributed by atoms with Crippen LogP contribution in [0.5, 0.6) is 0 Å². The van der Waals surface area contributed by atoms with Crippen LogP contribution >= 0.6 is 0 Å². The SMILES string of the molecule is CCCCCCCCCCC(C)C1CC(=O)N(CCNCCN2C(=O)CC(C(C)CCCCCCCCCC)C2=O)C1=O. The van der Waals surface area contributed by atoms with Gasteiger partial charge in [0.25, 0.3) is 0 Å². The van der Waals surface area contributed by atoms with E-state index in [9.17, 15) is 19.2 Å². The molecule has 0 spiro atoms. The van der Waals surface area contributed by atoms with Gasteiger partial charge in [-0.3, -0.25) is 29.0 Å². The smallest absolute Gasteiger partial charge is 0.233 e. The number of unbranched alkanes of at least 4 members (excludes halogenated alkanes) is 14. The van der Waals surface area contributed by atoms with E-state index in [4.69, 9.17) is 0 Å². The number of nitrogens with zero attached hydrogens (tertiary/aromatic N) is 2. The summed E-state index contributed by atoms with van der Waals surface area (Å²) in [6, 6.07) is 0. The second-order valence-corrected chi connectivity index (χ2v) is 13.6. The van der Waals surface area contributed by atoms with Crippen molar-refractivity contribution >= 4 is 23.6 Å². The van der Waals surface area contributed by atoms with Gasteiger partial charge in [-0.2, -0.15) is 0 Å². The average molecular weight is 604 g/mol. The van der Waals surface area contributed by atoms with Crippen LogP contribution in [0.25, 0.3) is 0 Å². The number of likely N-dealkylation sites (tertiary alicyclic amines) is 2. The first-order chi connectivity index (χ1) is 20.8. The second kappa shape index (κ2) is 21.9. The quantitative estimate of drug-likeness (QED) is 0.0810. The molecule has 248 valence electrons. The summed E-state index contributed by atoms with van der Waals surface area (Å²) < 4.78 is 0. The molecule has 2 saturated heterocycles. The number of rotatable bonds is 26. The first-order valence-corrected chi connectivity index (χ1v) is 18.2. The minimum Gasteiger partial charge on any atom is -0.313 e. The molecule has 0 aromatic rings. The van der Waals surface area contributed by atoms with Crippen molar-refractivity contribution in [3.8, 4) is 0 Å². The minimum absolute atomic E-state index is 0.0305. The molecule has 4 amide bonds. The van der Waals surface area contributed by atoms with Crippen molar-refractivity contribution < 1.29 is 19.2 Å². The molecular weight excluding hydrogens is 538 g/mol. The molecule has 0 aromatic carbocycles. The molecule has 7 nitrogen and oxygen atoms in total. The summed E-state index contributed by atoms with van der Waals surface area (Å²) in [5.74, 6) is -0.131. The maximum Gasteiger partial charge on any atom is 0.233 e. The van der Waals surface area contributed by atoms with Gasteiger partial charge in [-0.1, -0.05) is 130 Å². The monoisotopic (exact) mass is 603 g/mol. The van der Waals surface area contributed by atoms with Gasteiger partial charge >= 0.3 is 0 Å². The number of hydrogen-bond acceptors (Lipinski definition) is 5. The van der Waals surface area contributed by atoms with Gasteiger partial charge in [-0.15, -0.1) is 0 Å². The summed E-state index contributed by atoms with van der Waals surface area (Å²) in [5.41, 5.74) is 0. The zero-order chi connectivity index (χ0) is 31.5. The molecule has 0 radical (unpaired) electrons. The molecule has 2 rings (SSSR count). The third-order valence-corrected chi connectivity index (χ3v) is 9.98. The Kier molecular flexibility index (Phi) is 19.0. The average Bonchev–Trinajstić information content (AvgIpc) is 3.44. The molecule has 4 atom stereocenters. The molecule has 0 aliphatic carbocycles. The number of amides is 4. The van der Waals surface area contributed by atoms with Gasteiger partial charge in [0.2, 0.25) is 23.6 Å². The summed E-state index contributed by atoms with van der Waals surface area (Å²) >= 11 is 0. The number of hydrogen-bond donors (Lipinski definition) is 1. The normalized spacial score (nSPS) is 20.6. The van der Waals surface area contributed by atoms with Crippen LogP contribution in [0.3, 0.4) is 0 Å². The Bertz CT molecular complexity index is 765. The van der Waals surface area contributed by atoms with Crippen molar-refractivity contribution in [2.75, 3.05) is 26.2 Å². The summed E-state index contributed by atoms with van der Waals surface area (Å²) in [5, 5.41) is 3.25. The molecule has 0 bridgehead atoms. The van der Waals surface area contributed by atoms with Crippen LogP contribution in [0.2, 0.25) is 0 Å². The van der Waals surface area contributed by atoms with E-state index in [1.165, 1.54) is 99.7 Å². The van der Waals surface area contributed by atoms with Gasteiger partial charge in [0.05, 0.1) is 0 Å². The molecule has 1 N–H and O–H groups in total. The highest BCUT2D eigenvalue weighted by Crippen LogP contribution is 2.31. The van der Waals surface area contributed by atoms with E-state index in [-0.39, 0.29) is 47.3 Å². The fourth-order valence-corrected chi connectivity index (χ4v) is 6.89. The highest BCUT2D eigenvalue weighted by molar-refractivity contribution is 6.04. The Morgan fingerprint density at radius 1 is 0.558 bits per heavy atom. The highest BCUT2D eigenvalue weighted by atomic mass is 16.2. The minimum atomic E-state index is -0.193. The maximum absolute atomic E-state index is 13.0. The summed E-state index contributed by atoms with van der Waals surface area (Å²) in [6.45, 7) is 10.4. The Labute approximate surface area is 263 Å². The summed E-state index contributed by atoms with van der Waals surface area (Å²) in [7, 11) is 0. The van der Waals surface area contributed by atoms with Crippen molar-refractivity contribution in [3.05, 3.63) is 0 Å². The van der Waals surface area contributed by atoms with E-state index >= 15 is 0 Å². The molecular formula is C36H65N3O4. The lowest BCUT2D eigenvalue weighted by Crippen LogP contribution is -2.41. The summed E-state index contributed by atoms with van der Waals surface area (Å²) in [4.78, 5) is 54.0. The molecule has 43 heavy (non-hydrogen) atoms. The Morgan fingerprint density at radius 2 is 0.884 bits per heavy atom. The predicted octanol–water partition coefficient (Wildman–Crippen LogP) is 7.66. The van der Waals surface area contributed by atoms with Gasteiger partial charge in [-0.05, 0) is 24.7 Å². The van der Waals surface area contributed by atoms with Crippen LogP contribution in [0.1, 0.15) is 156 Å². The van der Waals surface area contributed by atoms with Crippen molar-refractivity contribution in [2.45, 2.75) is 156 Å². The van der Waals surface area contributed by atoms with Crippen LogP contribution in [0.15, 0.2) is 0 Å². The van der Waals surface area contributed by atoms with Crippen LogP contribution < -0.4 is 5.32 Å². The van der Waals surface area contributed by atoms with E-state index in [1.54, 1.807) is 0 Å². The number of carbonyl (C=O) groups excluding carboxylic acids is 4. The topological polar surface area (TPSA) is 86.8 Å². The van der Waals surface area contributed by atoms with E-state index in [0.717, 1.165) is 25.7 Å². The van der Waals surface area contributed by atoms with E-state index < -0.39 is 0 Å². The maximum atomic E-state index is 13.0. The fourth-order valence-electron chi connectivity index (χ4n) is 6.89. The third kappa shape index (κ3) is 13.4. The lowest BCUT2D eigenvalue weighted by molar-refractivity contribution is -0.141. The van der Waals surface area contributed by atoms with E-state index in [2.05, 4.69) is 33.0 Å². The van der Waals surface area contributed by atoms with Crippen molar-refractivity contribution in [3.63, 3.8) is 0 Å². The van der Waals surface area contributed by atoms with Crippen LogP contribution in [-0.4, -0.2) is 59.6 Å². The lowest BCUT2D eigenvalue weighted by atomic mass is 9.88. The molecule has 2 heterocycles. The largest absolute Gasteiger partial charge is 0.313 e. The Hall–Kier alpha value is -1.76. The van der Waals surface area contributed by atoms with Crippen molar-refractivity contribution in [1.29, 1.82) is 0 Å². The Balaban J connectivity index is 1.59. The van der Waals surface area contributed by atoms with Crippen molar-refractivity contribution in [2.24, 2.45) is 23.7 Å². The second-order valence-electron chi connectivity index (χ2n) is 13.6. The zero-order valence-electron chi connectivity index (χ0n) is 28.3. The molecule has 4 unspecified atom stereocenters. The number of nitrogens with one attached hydrogen (secondary N) is 1. The standard InChI is InChI=1S/C36H65N3O4/c1-5-7-9-11-13-15-17-19-21-29(3)31-27-33(40)38(35(31)42)25-23-37-24-26-39-34(41)28-32(36(39)43)30(4)22-20-18-16-14-12-10-8-6-2/h29-32,37H,5-28H2,1-4H3. The van der Waals surface area contributed by atoms with Gasteiger partial charge in [-0.25, -0.2) is 0 Å². The van der Waals surface area contributed by atoms with Gasteiger partial charge in [0, 0.05) is 50.9 Å². The molecule has 0 aromatic heterocycles. The predicted molar refractivity (Wildman–Crippen MR) is 175 cm³/mol. The fraction of sp³-hybridized carbons (Fsp3) is 0.889. The van der Waals surface area contributed by atoms with Gasteiger partial charge in [0.15, 0.2) is 0 Å². The first-order valence-electron chi connectivity index (χ1n) is 18.2. The molecule has 0 saturated carbocycles. The van der Waals surface area contributed by atoms with Gasteiger partial charge in [0.1, 0.15) is 0 Å². The first kappa shape index (κ1) is 37.4. The molecule has 2 fully saturated rings. The number of imide groups is 2.